The number of nitrogens with one attached hydrogen (secondary N) is 1. The van der Waals surface area contributed by atoms with Gasteiger partial charge in [0.05, 0.1) is 12.3 Å². The minimum atomic E-state index is 0.299. The number of ether oxygens (including phenoxy) is 1. The van der Waals surface area contributed by atoms with E-state index in [1.165, 1.54) is 37.1 Å². The molecule has 1 saturated heterocycles. The van der Waals surface area contributed by atoms with Gasteiger partial charge in [0, 0.05) is 18.5 Å². The molecule has 2 aliphatic rings. The minimum absolute atomic E-state index is 0.299. The number of benzene rings is 1. The summed E-state index contributed by atoms with van der Waals surface area (Å²) >= 11 is 0. The van der Waals surface area contributed by atoms with Crippen LogP contribution in [0, 0.1) is 5.41 Å². The fourth-order valence-corrected chi connectivity index (χ4v) is 3.36. The molecule has 0 aliphatic carbocycles. The predicted molar refractivity (Wildman–Crippen MR) is 83.6 cm³/mol. The van der Waals surface area contributed by atoms with Crippen molar-refractivity contribution in [2.75, 3.05) is 38.1 Å². The monoisotopic (exact) mass is 274 g/mol. The first-order chi connectivity index (χ1) is 9.70. The highest BCUT2D eigenvalue weighted by atomic mass is 16.5. The number of hydrogen-bond acceptors (Lipinski definition) is 3. The molecule has 1 aromatic carbocycles. The summed E-state index contributed by atoms with van der Waals surface area (Å²) in [4.78, 5) is 2.52. The van der Waals surface area contributed by atoms with Gasteiger partial charge in [-0.1, -0.05) is 26.0 Å². The molecule has 1 fully saturated rings. The fraction of sp³-hybridized carbons (Fsp3) is 0.647. The number of fused-ring (bicyclic) bond motifs is 1. The van der Waals surface area contributed by atoms with Crippen molar-refractivity contribution in [2.24, 2.45) is 5.41 Å². The molecule has 1 aromatic rings. The quantitative estimate of drug-likeness (QED) is 0.913. The zero-order valence-electron chi connectivity index (χ0n) is 12.7. The lowest BCUT2D eigenvalue weighted by atomic mass is 9.91. The molecule has 0 saturated carbocycles. The molecule has 0 aromatic heterocycles. The molecule has 110 valence electrons. The maximum Gasteiger partial charge on any atom is 0.142 e. The van der Waals surface area contributed by atoms with E-state index >= 15 is 0 Å². The second-order valence-electron chi connectivity index (χ2n) is 6.54. The molecular formula is C17H26N2O. The third-order valence-corrected chi connectivity index (χ3v) is 4.70. The van der Waals surface area contributed by atoms with Crippen LogP contribution in [0.15, 0.2) is 18.2 Å². The Morgan fingerprint density at radius 1 is 1.40 bits per heavy atom. The van der Waals surface area contributed by atoms with Gasteiger partial charge < -0.3 is 15.0 Å². The number of nitrogens with zero attached hydrogens (tertiary/aromatic N) is 1. The van der Waals surface area contributed by atoms with Gasteiger partial charge in [0.2, 0.25) is 0 Å². The van der Waals surface area contributed by atoms with Crippen molar-refractivity contribution in [3.63, 3.8) is 0 Å². The highest BCUT2D eigenvalue weighted by Gasteiger charge is 2.34. The van der Waals surface area contributed by atoms with Crippen molar-refractivity contribution >= 4 is 5.69 Å². The Bertz CT molecular complexity index is 474. The SMILES string of the molecule is CCN1CCC(C)(COc2cccc3c2NCCC3)C1. The number of anilines is 1. The van der Waals surface area contributed by atoms with Crippen LogP contribution in [0.1, 0.15) is 32.3 Å². The van der Waals surface area contributed by atoms with E-state index in [0.29, 0.717) is 5.41 Å². The van der Waals surface area contributed by atoms with Crippen molar-refractivity contribution in [2.45, 2.75) is 33.1 Å². The normalized spacial score (nSPS) is 26.1. The summed E-state index contributed by atoms with van der Waals surface area (Å²) < 4.78 is 6.20. The molecule has 0 amide bonds. The Balaban J connectivity index is 1.67. The second kappa shape index (κ2) is 5.65. The second-order valence-corrected chi connectivity index (χ2v) is 6.54. The molecule has 1 N–H and O–H groups in total. The maximum atomic E-state index is 6.20. The fourth-order valence-electron chi connectivity index (χ4n) is 3.36. The Morgan fingerprint density at radius 2 is 2.30 bits per heavy atom. The summed E-state index contributed by atoms with van der Waals surface area (Å²) in [6, 6.07) is 6.44. The maximum absolute atomic E-state index is 6.20. The number of hydrogen-bond donors (Lipinski definition) is 1. The number of para-hydroxylation sites is 1. The molecule has 3 nitrogen and oxygen atoms in total. The molecule has 1 unspecified atom stereocenters. The first kappa shape index (κ1) is 13.7. The summed E-state index contributed by atoms with van der Waals surface area (Å²) in [6.07, 6.45) is 3.63. The van der Waals surface area contributed by atoms with E-state index in [2.05, 4.69) is 42.3 Å². The van der Waals surface area contributed by atoms with Gasteiger partial charge in [-0.3, -0.25) is 0 Å². The standard InChI is InChI=1S/C17H26N2O/c1-3-19-11-9-17(2,12-19)13-20-15-8-4-6-14-7-5-10-18-16(14)15/h4,6,8,18H,3,5,7,9-13H2,1-2H3. The van der Waals surface area contributed by atoms with E-state index in [1.807, 2.05) is 0 Å². The van der Waals surface area contributed by atoms with Gasteiger partial charge in [-0.2, -0.15) is 0 Å². The van der Waals surface area contributed by atoms with E-state index in [4.69, 9.17) is 4.74 Å². The van der Waals surface area contributed by atoms with Crippen molar-refractivity contribution in [3.05, 3.63) is 23.8 Å². The van der Waals surface area contributed by atoms with Crippen LogP contribution in [0.3, 0.4) is 0 Å². The van der Waals surface area contributed by atoms with Gasteiger partial charge >= 0.3 is 0 Å². The molecule has 3 heteroatoms. The molecule has 20 heavy (non-hydrogen) atoms. The van der Waals surface area contributed by atoms with Crippen LogP contribution in [-0.2, 0) is 6.42 Å². The average Bonchev–Trinajstić information content (AvgIpc) is 2.87. The smallest absolute Gasteiger partial charge is 0.142 e. The Kier molecular flexibility index (Phi) is 3.88. The van der Waals surface area contributed by atoms with Gasteiger partial charge in [-0.05, 0) is 44.0 Å². The molecule has 2 heterocycles. The van der Waals surface area contributed by atoms with Crippen LogP contribution in [0.2, 0.25) is 0 Å². The van der Waals surface area contributed by atoms with Crippen LogP contribution in [-0.4, -0.2) is 37.7 Å². The highest BCUT2D eigenvalue weighted by Crippen LogP contribution is 2.35. The van der Waals surface area contributed by atoms with Crippen molar-refractivity contribution in [1.29, 1.82) is 0 Å². The molecular weight excluding hydrogens is 248 g/mol. The van der Waals surface area contributed by atoms with Crippen LogP contribution in [0.5, 0.6) is 5.75 Å². The van der Waals surface area contributed by atoms with Crippen molar-refractivity contribution in [3.8, 4) is 5.75 Å². The number of rotatable bonds is 4. The van der Waals surface area contributed by atoms with Gasteiger partial charge in [0.1, 0.15) is 5.75 Å². The van der Waals surface area contributed by atoms with E-state index in [0.717, 1.165) is 32.0 Å². The third kappa shape index (κ3) is 2.78. The summed E-state index contributed by atoms with van der Waals surface area (Å²) in [7, 11) is 0. The van der Waals surface area contributed by atoms with E-state index < -0.39 is 0 Å². The molecule has 1 atom stereocenters. The third-order valence-electron chi connectivity index (χ3n) is 4.70. The van der Waals surface area contributed by atoms with Crippen molar-refractivity contribution < 1.29 is 4.74 Å². The summed E-state index contributed by atoms with van der Waals surface area (Å²) in [5.74, 6) is 1.04. The summed E-state index contributed by atoms with van der Waals surface area (Å²) in [6.45, 7) is 10.00. The molecule has 3 rings (SSSR count). The molecule has 0 spiro atoms. The Hall–Kier alpha value is -1.22. The summed E-state index contributed by atoms with van der Waals surface area (Å²) in [5, 5.41) is 3.50. The Labute approximate surface area is 122 Å². The highest BCUT2D eigenvalue weighted by molar-refractivity contribution is 5.63. The topological polar surface area (TPSA) is 24.5 Å². The number of likely N-dealkylation sites (tertiary alicyclic amines) is 1. The van der Waals surface area contributed by atoms with Crippen LogP contribution < -0.4 is 10.1 Å². The van der Waals surface area contributed by atoms with E-state index in [9.17, 15) is 0 Å². The van der Waals surface area contributed by atoms with Gasteiger partial charge in [-0.25, -0.2) is 0 Å². The van der Waals surface area contributed by atoms with E-state index in [-0.39, 0.29) is 0 Å². The first-order valence-corrected chi connectivity index (χ1v) is 7.91. The molecule has 2 aliphatic heterocycles. The zero-order valence-corrected chi connectivity index (χ0v) is 12.7. The largest absolute Gasteiger partial charge is 0.491 e. The van der Waals surface area contributed by atoms with Crippen LogP contribution >= 0.6 is 0 Å². The van der Waals surface area contributed by atoms with E-state index in [1.54, 1.807) is 0 Å². The van der Waals surface area contributed by atoms with Gasteiger partial charge in [-0.15, -0.1) is 0 Å². The van der Waals surface area contributed by atoms with Gasteiger partial charge in [0.15, 0.2) is 0 Å². The molecule has 0 bridgehead atoms. The van der Waals surface area contributed by atoms with Gasteiger partial charge in [0.25, 0.3) is 0 Å². The van der Waals surface area contributed by atoms with Crippen molar-refractivity contribution in [1.82, 2.24) is 4.90 Å². The zero-order chi connectivity index (χ0) is 14.0. The molecule has 0 radical (unpaired) electrons. The lowest BCUT2D eigenvalue weighted by Crippen LogP contribution is -2.30. The minimum Gasteiger partial charge on any atom is -0.491 e. The number of aryl methyl sites for hydroxylation is 1. The average molecular weight is 274 g/mol. The first-order valence-electron chi connectivity index (χ1n) is 7.91. The lowest BCUT2D eigenvalue weighted by Gasteiger charge is -2.27. The Morgan fingerprint density at radius 3 is 3.10 bits per heavy atom. The van der Waals surface area contributed by atoms with Crippen LogP contribution in [0.4, 0.5) is 5.69 Å². The lowest BCUT2D eigenvalue weighted by molar-refractivity contribution is 0.165. The summed E-state index contributed by atoms with van der Waals surface area (Å²) in [5.41, 5.74) is 2.93. The predicted octanol–water partition coefficient (Wildman–Crippen LogP) is 3.16. The van der Waals surface area contributed by atoms with Crippen LogP contribution in [0.25, 0.3) is 0 Å².